The van der Waals surface area contributed by atoms with Crippen molar-refractivity contribution in [2.75, 3.05) is 52.7 Å². The number of nitrogens with two attached hydrogens (primary N) is 1. The van der Waals surface area contributed by atoms with Gasteiger partial charge in [-0.25, -0.2) is 4.98 Å². The van der Waals surface area contributed by atoms with E-state index in [1.54, 1.807) is 44.2 Å². The van der Waals surface area contributed by atoms with Crippen LogP contribution < -0.4 is 74.9 Å². The van der Waals surface area contributed by atoms with Gasteiger partial charge < -0.3 is 179 Å². The highest BCUT2D eigenvalue weighted by Gasteiger charge is 2.55. The number of nitrogens with one attached hydrogen (secondary N) is 14. The van der Waals surface area contributed by atoms with Crippen molar-refractivity contribution < 1.29 is 181 Å². The van der Waals surface area contributed by atoms with Gasteiger partial charge in [-0.1, -0.05) is 69.6 Å². The van der Waals surface area contributed by atoms with E-state index in [1.165, 1.54) is 33.3 Å². The number of aliphatic hydroxyl groups excluding tert-OH is 10. The average Bonchev–Trinajstić information content (AvgIpc) is 0.774. The Kier molecular flexibility index (Phi) is 52.0. The molecule has 1 aromatic heterocycles. The molecule has 4 aliphatic rings. The van der Waals surface area contributed by atoms with Crippen LogP contribution in [0.25, 0.3) is 0 Å². The van der Waals surface area contributed by atoms with Crippen molar-refractivity contribution in [1.82, 2.24) is 84.0 Å². The van der Waals surface area contributed by atoms with Gasteiger partial charge in [0.05, 0.1) is 63.6 Å². The van der Waals surface area contributed by atoms with Crippen molar-refractivity contribution in [1.29, 1.82) is 0 Å². The van der Waals surface area contributed by atoms with Crippen LogP contribution in [0.4, 0.5) is 0 Å². The first-order valence-electron chi connectivity index (χ1n) is 48.9. The molecule has 0 spiro atoms. The summed E-state index contributed by atoms with van der Waals surface area (Å²) in [5.74, 6) is -20.3. The van der Waals surface area contributed by atoms with Crippen molar-refractivity contribution in [2.24, 2.45) is 28.6 Å². The Morgan fingerprint density at radius 2 is 1.16 bits per heavy atom. The van der Waals surface area contributed by atoms with Gasteiger partial charge in [-0.2, -0.15) is 0 Å². The third-order valence-electron chi connectivity index (χ3n) is 25.0. The minimum Gasteiger partial charge on any atom is -0.481 e. The average molecular weight is 2110 g/mol. The highest BCUT2D eigenvalue weighted by molar-refractivity contribution is 6.00. The lowest BCUT2D eigenvalue weighted by Crippen LogP contribution is -2.69. The molecule has 2 aromatic rings. The van der Waals surface area contributed by atoms with E-state index in [2.05, 4.69) is 84.2 Å². The number of rotatable bonds is 62. The van der Waals surface area contributed by atoms with Crippen LogP contribution in [0.3, 0.4) is 0 Å². The first-order valence-corrected chi connectivity index (χ1v) is 48.9. The van der Waals surface area contributed by atoms with Gasteiger partial charge in [0.2, 0.25) is 88.6 Å². The molecule has 4 aliphatic heterocycles. The number of aliphatic carboxylic acids is 2. The molecule has 20 unspecified atom stereocenters. The Balaban J connectivity index is 1.26. The van der Waals surface area contributed by atoms with Crippen molar-refractivity contribution >= 4 is 112 Å². The van der Waals surface area contributed by atoms with Crippen LogP contribution in [-0.2, 0) is 132 Å². The van der Waals surface area contributed by atoms with E-state index in [1.807, 2.05) is 6.92 Å². The zero-order valence-electron chi connectivity index (χ0n) is 84.3. The summed E-state index contributed by atoms with van der Waals surface area (Å²) >= 11 is 0. The summed E-state index contributed by atoms with van der Waals surface area (Å²) < 4.78 is 36.2. The fraction of sp³-hybridized carbons (Fsp3) is 0.699. The number of aromatic amines is 1. The molecule has 5 heterocycles. The summed E-state index contributed by atoms with van der Waals surface area (Å²) in [7, 11) is 0. The number of hydrogen-bond acceptors (Lipinski definition) is 37. The molecule has 0 bridgehead atoms. The molecule has 29 atom stereocenters. The zero-order valence-corrected chi connectivity index (χ0v) is 84.3. The highest BCUT2D eigenvalue weighted by atomic mass is 16.7. The molecule has 15 amide bonds. The Bertz CT molecular complexity index is 4760. The number of nitrogens with zero attached hydrogens (tertiary/aromatic N) is 3. The summed E-state index contributed by atoms with van der Waals surface area (Å²) in [6, 6.07) is -12.9. The third kappa shape index (κ3) is 39.1. The maximum atomic E-state index is 15.4. The number of H-pyrrole nitrogens is 1. The Morgan fingerprint density at radius 3 is 1.76 bits per heavy atom. The van der Waals surface area contributed by atoms with Gasteiger partial charge in [0.1, 0.15) is 140 Å². The van der Waals surface area contributed by atoms with Gasteiger partial charge in [-0.3, -0.25) is 86.3 Å². The van der Waals surface area contributed by atoms with Gasteiger partial charge in [0.25, 0.3) is 0 Å². The number of likely N-dealkylation sites (tertiary alicyclic amines) is 1. The topological polar surface area (TPSA) is 841 Å². The maximum absolute atomic E-state index is 15.4. The van der Waals surface area contributed by atoms with Gasteiger partial charge in [-0.05, 0) is 110 Å². The van der Waals surface area contributed by atoms with E-state index in [9.17, 15) is 138 Å². The number of unbranched alkanes of at least 4 members (excludes halogenated alkanes) is 3. The Morgan fingerprint density at radius 1 is 0.568 bits per heavy atom. The number of imidazole rings is 1. The first kappa shape index (κ1) is 125. The molecule has 1 aromatic carbocycles. The van der Waals surface area contributed by atoms with Crippen LogP contribution >= 0.6 is 0 Å². The second-order valence-corrected chi connectivity index (χ2v) is 37.3. The smallest absolute Gasteiger partial charge is 0.305 e. The molecule has 6 rings (SSSR count). The molecule has 28 N–H and O–H groups in total. The number of benzene rings is 1. The van der Waals surface area contributed by atoms with Gasteiger partial charge in [0.15, 0.2) is 24.7 Å². The molecule has 148 heavy (non-hydrogen) atoms. The number of hydrogen-bond donors (Lipinski definition) is 27. The molecule has 4 fully saturated rings. The number of aromatic nitrogens is 2. The van der Waals surface area contributed by atoms with Crippen LogP contribution in [0.5, 0.6) is 0 Å². The fourth-order valence-electron chi connectivity index (χ4n) is 16.6. The number of ketones is 1. The van der Waals surface area contributed by atoms with Gasteiger partial charge in [0, 0.05) is 76.3 Å². The number of amides is 15. The summed E-state index contributed by atoms with van der Waals surface area (Å²) in [6.07, 6.45) is -25.5. The van der Waals surface area contributed by atoms with E-state index in [0.717, 1.165) is 58.8 Å². The van der Waals surface area contributed by atoms with Gasteiger partial charge >= 0.3 is 11.9 Å². The Labute approximate surface area is 852 Å². The maximum Gasteiger partial charge on any atom is 0.305 e. The van der Waals surface area contributed by atoms with Crippen LogP contribution in [0, 0.1) is 17.8 Å². The summed E-state index contributed by atoms with van der Waals surface area (Å²) in [4.78, 5) is 258. The number of carboxylic acid groups (broad SMARTS) is 2. The summed E-state index contributed by atoms with van der Waals surface area (Å²) in [6.45, 7) is 9.58. The largest absolute Gasteiger partial charge is 0.481 e. The number of carboxylic acids is 2. The predicted octanol–water partition coefficient (Wildman–Crippen LogP) is -9.44. The van der Waals surface area contributed by atoms with Crippen LogP contribution in [0.15, 0.2) is 48.0 Å². The molecule has 4 saturated heterocycles. The SMILES string of the molecule is CCC(CC(C)C(N)=O)C(=O)NCCCCCCO/N=C(\C)CCCC(=O)NC(Cc1ccccc1)C(=O)NC(CCC(=O)O)C(=O)NC(Cc1cnc[nH]1)C(=O)NCC(=O)NC(C(=O)NC(C(=O)NC(CO)C(=O)NC(C)C(=O)N1CCCC1C(=O)NC(CC(=O)O)C(=O)NC(C(C)=O)C(C)O)C(C)O[C@H]1O[C@H](CO[C@H]2O[C@H](CO)[C@@H](O)C(O)C2NC(C)=O)[C@@H](O)C(O[C@H]2O[C@H](CO)[C@@H](O)C(O)C2O)C1NC(C)=O)C(C)C. The number of ether oxygens (including phenoxy) is 6. The van der Waals surface area contributed by atoms with Crippen molar-refractivity contribution in [3.05, 3.63) is 54.1 Å². The zero-order chi connectivity index (χ0) is 110. The van der Waals surface area contributed by atoms with Gasteiger partial charge in [-0.15, -0.1) is 0 Å². The van der Waals surface area contributed by atoms with E-state index in [4.69, 9.17) is 39.0 Å². The number of carbonyl (C=O) groups excluding carboxylic acids is 16. The van der Waals surface area contributed by atoms with Crippen molar-refractivity contribution in [2.45, 2.75) is 344 Å². The molecular weight excluding hydrogens is 1960 g/mol. The monoisotopic (exact) mass is 2110 g/mol. The normalized spacial score (nSPS) is 24.5. The Hall–Kier alpha value is -12.1. The van der Waals surface area contributed by atoms with Crippen molar-refractivity contribution in [3.8, 4) is 0 Å². The molecule has 0 radical (unpaired) electrons. The van der Waals surface area contributed by atoms with Crippen LogP contribution in [-0.4, -0.2) is 405 Å². The van der Waals surface area contributed by atoms with E-state index in [-0.39, 0.29) is 56.2 Å². The minimum absolute atomic E-state index is 0.0924. The summed E-state index contributed by atoms with van der Waals surface area (Å²) in [5.41, 5.74) is 6.71. The minimum atomic E-state index is -2.31. The lowest BCUT2D eigenvalue weighted by molar-refractivity contribution is -0.352. The third-order valence-corrected chi connectivity index (χ3v) is 25.0. The van der Waals surface area contributed by atoms with E-state index >= 15 is 9.59 Å². The number of primary amides is 1. The second-order valence-electron chi connectivity index (χ2n) is 37.3. The van der Waals surface area contributed by atoms with Crippen LogP contribution in [0.1, 0.15) is 177 Å². The van der Waals surface area contributed by atoms with Crippen molar-refractivity contribution in [3.63, 3.8) is 0 Å². The first-order chi connectivity index (χ1) is 69.9. The number of carbonyl (C=O) groups is 18. The lowest BCUT2D eigenvalue weighted by atomic mass is 9.92. The van der Waals surface area contributed by atoms with Crippen LogP contribution in [0.2, 0.25) is 0 Å². The molecule has 55 nitrogen and oxygen atoms in total. The highest BCUT2D eigenvalue weighted by Crippen LogP contribution is 2.33. The fourth-order valence-corrected chi connectivity index (χ4v) is 16.6. The standard InChI is InChI=1S/C93H146N18O37/c1-12-53(32-44(4)80(94)131)81(132)96-29-18-13-14-19-31-143-110-45(5)22-20-26-64(119)102-56(33-52-23-16-15-17-24-52)84(135)103-55(27-28-66(121)122)83(134)104-57(34-54-36-95-42-98-54)82(133)97-37-65(120)107-68(43(2)3)88(139)109-70(89(140)106-59(38-112)86(137)99-46(6)90(141)111-30-21-25-60(111)87(138)105-58(35-67(123)124)85(136)108-69(47(7)115)48(8)116)49(9)144-92-72(101-51(11)118)79(148-93-78(130)77(129)74(126)62(40-114)146-93)75(127)63(147-92)41-142-91-71(100-50(10)117)76(128)73(125)61(39-113)145-91/h15-17,23-24,36,42-44,46-47,49,53,55-63,68-79,91-93,112-115,125-130H,12-14,18-22,25-35,37-41H2,1-11H3,(H2,94,131)(H,95,98)(H,96,132)(H,97,133)(H,99,137)(H,100,117)(H,101,118)(H,102,119)(H,103,135)(H,104,134)(H,105,138)(H,106,140)(H,107,120)(H,108,136)(H,109,139)(H,121,122)(H,123,124)/b110-45+/t44?,46?,47?,49?,53?,55?,56?,57?,58?,59?,60?,61-,62-,63-,68?,69?,70?,71?,72?,73-,74-,75-,76?,77?,78?,79?,91+,92+,93-/m1/s1. The summed E-state index contributed by atoms with van der Waals surface area (Å²) in [5, 5.41) is 164. The van der Waals surface area contributed by atoms with E-state index in [0.29, 0.717) is 50.1 Å². The predicted molar refractivity (Wildman–Crippen MR) is 511 cm³/mol. The molecule has 830 valence electrons. The number of aliphatic hydroxyl groups is 10. The number of oxime groups is 1. The number of Topliss-reactive ketones (excluding diaryl/α,β-unsaturated/α-hetero) is 1. The molecule has 0 saturated carbocycles. The molecular formula is C93H146N18O37. The lowest BCUT2D eigenvalue weighted by Gasteiger charge is -2.48. The second kappa shape index (κ2) is 61.8. The quantitative estimate of drug-likeness (QED) is 0.0166. The molecule has 55 heteroatoms. The molecule has 0 aliphatic carbocycles. The van der Waals surface area contributed by atoms with E-state index < -0.39 is 336 Å².